The molecular weight excluding hydrogens is 168 g/mol. The van der Waals surface area contributed by atoms with E-state index in [9.17, 15) is 9.59 Å². The summed E-state index contributed by atoms with van der Waals surface area (Å²) in [6.07, 6.45) is 0. The van der Waals surface area contributed by atoms with Crippen LogP contribution in [0.2, 0.25) is 0 Å². The summed E-state index contributed by atoms with van der Waals surface area (Å²) < 4.78 is 4.98. The molecule has 13 heavy (non-hydrogen) atoms. The Labute approximate surface area is 79.5 Å². The lowest BCUT2D eigenvalue weighted by Gasteiger charge is -2.06. The van der Waals surface area contributed by atoms with E-state index in [-0.39, 0.29) is 36.6 Å². The van der Waals surface area contributed by atoms with Gasteiger partial charge in [-0.25, -0.2) is 0 Å². The summed E-state index contributed by atoms with van der Waals surface area (Å²) in [7, 11) is 0. The molecule has 0 aromatic carbocycles. The molecule has 0 aliphatic carbocycles. The number of ether oxygens (including phenoxy) is 1. The highest BCUT2D eigenvalue weighted by atomic mass is 16.5. The van der Waals surface area contributed by atoms with E-state index in [1.54, 1.807) is 0 Å². The number of hydrogen-bond donors (Lipinski definition) is 0. The Balaban J connectivity index is 3.57. The van der Waals surface area contributed by atoms with E-state index < -0.39 is 0 Å². The number of carbonyl (C=O) groups is 2. The number of carbonyl (C=O) groups excluding carboxylic acids is 2. The molecule has 0 N–H and O–H groups in total. The monoisotopic (exact) mass is 186 g/mol. The van der Waals surface area contributed by atoms with Gasteiger partial charge in [0.25, 0.3) is 0 Å². The summed E-state index contributed by atoms with van der Waals surface area (Å²) in [6.45, 7) is 7.37. The lowest BCUT2D eigenvalue weighted by molar-refractivity contribution is -0.131. The van der Waals surface area contributed by atoms with E-state index in [0.717, 1.165) is 0 Å². The third kappa shape index (κ3) is 5.53. The molecule has 0 rings (SSSR count). The average molecular weight is 186 g/mol. The van der Waals surface area contributed by atoms with Crippen LogP contribution in [0.25, 0.3) is 0 Å². The molecule has 0 spiro atoms. The lowest BCUT2D eigenvalue weighted by Crippen LogP contribution is -2.20. The highest BCUT2D eigenvalue weighted by Gasteiger charge is 2.10. The van der Waals surface area contributed by atoms with Gasteiger partial charge in [-0.2, -0.15) is 0 Å². The summed E-state index contributed by atoms with van der Waals surface area (Å²) in [4.78, 5) is 22.1. The number of ketones is 2. The third-order valence-corrected chi connectivity index (χ3v) is 1.78. The van der Waals surface area contributed by atoms with E-state index in [1.165, 1.54) is 0 Å². The highest BCUT2D eigenvalue weighted by Crippen LogP contribution is 1.97. The molecule has 76 valence electrons. The molecule has 0 aromatic rings. The second kappa shape index (κ2) is 5.86. The van der Waals surface area contributed by atoms with Crippen LogP contribution in [0.15, 0.2) is 0 Å². The minimum atomic E-state index is -0.0193. The van der Waals surface area contributed by atoms with Gasteiger partial charge in [0.2, 0.25) is 0 Å². The molecule has 3 heteroatoms. The van der Waals surface area contributed by atoms with Crippen LogP contribution in [0.4, 0.5) is 0 Å². The summed E-state index contributed by atoms with van der Waals surface area (Å²) in [6, 6.07) is 0. The van der Waals surface area contributed by atoms with E-state index >= 15 is 0 Å². The van der Waals surface area contributed by atoms with Crippen molar-refractivity contribution in [3.8, 4) is 0 Å². The zero-order chi connectivity index (χ0) is 10.4. The van der Waals surface area contributed by atoms with Crippen LogP contribution in [0.3, 0.4) is 0 Å². The second-order valence-electron chi connectivity index (χ2n) is 3.73. The van der Waals surface area contributed by atoms with Crippen LogP contribution in [0, 0.1) is 11.8 Å². The predicted octanol–water partition coefficient (Wildman–Crippen LogP) is 1.45. The minimum Gasteiger partial charge on any atom is -0.366 e. The van der Waals surface area contributed by atoms with Crippen molar-refractivity contribution in [2.75, 3.05) is 13.2 Å². The van der Waals surface area contributed by atoms with Crippen LogP contribution >= 0.6 is 0 Å². The van der Waals surface area contributed by atoms with Gasteiger partial charge in [-0.15, -0.1) is 0 Å². The molecule has 0 aromatic heterocycles. The van der Waals surface area contributed by atoms with Crippen molar-refractivity contribution in [3.05, 3.63) is 0 Å². The predicted molar refractivity (Wildman–Crippen MR) is 50.5 cm³/mol. The largest absolute Gasteiger partial charge is 0.366 e. The number of hydrogen-bond acceptors (Lipinski definition) is 3. The molecule has 0 bridgehead atoms. The lowest BCUT2D eigenvalue weighted by atomic mass is 10.1. The first-order chi connectivity index (χ1) is 5.95. The van der Waals surface area contributed by atoms with Gasteiger partial charge in [0.1, 0.15) is 13.2 Å². The van der Waals surface area contributed by atoms with Crippen molar-refractivity contribution in [2.24, 2.45) is 11.8 Å². The molecule has 0 aliphatic rings. The average Bonchev–Trinajstić information content (AvgIpc) is 2.03. The molecule has 3 nitrogen and oxygen atoms in total. The maximum Gasteiger partial charge on any atom is 0.160 e. The van der Waals surface area contributed by atoms with Gasteiger partial charge >= 0.3 is 0 Å². The Morgan fingerprint density at radius 2 is 1.23 bits per heavy atom. The fourth-order valence-electron chi connectivity index (χ4n) is 0.586. The Bertz CT molecular complexity index is 163. The van der Waals surface area contributed by atoms with E-state index in [4.69, 9.17) is 4.74 Å². The van der Waals surface area contributed by atoms with Crippen LogP contribution in [-0.4, -0.2) is 24.8 Å². The summed E-state index contributed by atoms with van der Waals surface area (Å²) in [5, 5.41) is 0. The van der Waals surface area contributed by atoms with Crippen molar-refractivity contribution >= 4 is 11.6 Å². The Hall–Kier alpha value is -0.700. The molecule has 0 saturated heterocycles. The fraction of sp³-hybridized carbons (Fsp3) is 0.800. The molecule has 0 unspecified atom stereocenters. The maximum absolute atomic E-state index is 11.1. The van der Waals surface area contributed by atoms with Gasteiger partial charge in [-0.3, -0.25) is 9.59 Å². The van der Waals surface area contributed by atoms with Crippen LogP contribution < -0.4 is 0 Å². The molecule has 0 saturated carbocycles. The number of Topliss-reactive ketones (excluding diaryl/α,β-unsaturated/α-hetero) is 2. The van der Waals surface area contributed by atoms with Crippen molar-refractivity contribution in [1.82, 2.24) is 0 Å². The van der Waals surface area contributed by atoms with E-state index in [2.05, 4.69) is 0 Å². The van der Waals surface area contributed by atoms with Crippen molar-refractivity contribution < 1.29 is 14.3 Å². The van der Waals surface area contributed by atoms with Crippen LogP contribution in [-0.2, 0) is 14.3 Å². The molecule has 0 fully saturated rings. The van der Waals surface area contributed by atoms with Crippen LogP contribution in [0.1, 0.15) is 27.7 Å². The van der Waals surface area contributed by atoms with E-state index in [1.807, 2.05) is 27.7 Å². The third-order valence-electron chi connectivity index (χ3n) is 1.78. The van der Waals surface area contributed by atoms with E-state index in [0.29, 0.717) is 0 Å². The molecule has 0 heterocycles. The zero-order valence-corrected chi connectivity index (χ0v) is 8.79. The fourth-order valence-corrected chi connectivity index (χ4v) is 0.586. The van der Waals surface area contributed by atoms with Crippen molar-refractivity contribution in [1.29, 1.82) is 0 Å². The Morgan fingerprint density at radius 1 is 0.923 bits per heavy atom. The summed E-state index contributed by atoms with van der Waals surface area (Å²) in [5.41, 5.74) is 0. The SMILES string of the molecule is CC(C)C(=O)COCC(=O)C(C)C. The van der Waals surface area contributed by atoms with Gasteiger partial charge in [0.15, 0.2) is 11.6 Å². The Kier molecular flexibility index (Phi) is 5.55. The normalized spacial score (nSPS) is 10.9. The van der Waals surface area contributed by atoms with Crippen LogP contribution in [0.5, 0.6) is 0 Å². The molecule has 0 atom stereocenters. The maximum atomic E-state index is 11.1. The first kappa shape index (κ1) is 12.3. The molecule has 0 aliphatic heterocycles. The van der Waals surface area contributed by atoms with Gasteiger partial charge in [-0.1, -0.05) is 27.7 Å². The van der Waals surface area contributed by atoms with Gasteiger partial charge in [-0.05, 0) is 0 Å². The molecule has 0 radical (unpaired) electrons. The Morgan fingerprint density at radius 3 is 1.46 bits per heavy atom. The first-order valence-electron chi connectivity index (χ1n) is 4.58. The molecular formula is C10H18O3. The topological polar surface area (TPSA) is 43.4 Å². The smallest absolute Gasteiger partial charge is 0.160 e. The van der Waals surface area contributed by atoms with Crippen molar-refractivity contribution in [3.63, 3.8) is 0 Å². The van der Waals surface area contributed by atoms with Gasteiger partial charge in [0, 0.05) is 11.8 Å². The van der Waals surface area contributed by atoms with Gasteiger partial charge in [0.05, 0.1) is 0 Å². The van der Waals surface area contributed by atoms with Crippen molar-refractivity contribution in [2.45, 2.75) is 27.7 Å². The number of rotatable bonds is 6. The highest BCUT2D eigenvalue weighted by molar-refractivity contribution is 5.83. The standard InChI is InChI=1S/C10H18O3/c1-7(2)9(11)5-13-6-10(12)8(3)4/h7-8H,5-6H2,1-4H3. The molecule has 0 amide bonds. The zero-order valence-electron chi connectivity index (χ0n) is 8.79. The first-order valence-corrected chi connectivity index (χ1v) is 4.58. The summed E-state index contributed by atoms with van der Waals surface area (Å²) >= 11 is 0. The van der Waals surface area contributed by atoms with Gasteiger partial charge < -0.3 is 4.74 Å². The minimum absolute atomic E-state index is 0.0193. The summed E-state index contributed by atoms with van der Waals surface area (Å²) in [5.74, 6) is 0.0383. The second-order valence-corrected chi connectivity index (χ2v) is 3.73. The quantitative estimate of drug-likeness (QED) is 0.630.